The summed E-state index contributed by atoms with van der Waals surface area (Å²) in [6.45, 7) is 0.880. The highest BCUT2D eigenvalue weighted by molar-refractivity contribution is 6.30. The number of pyridine rings is 1. The third kappa shape index (κ3) is 3.39. The van der Waals surface area contributed by atoms with E-state index in [1.807, 2.05) is 55.0 Å². The van der Waals surface area contributed by atoms with Crippen LogP contribution in [0.4, 0.5) is 11.5 Å². The van der Waals surface area contributed by atoms with Crippen molar-refractivity contribution < 1.29 is 9.47 Å². The lowest BCUT2D eigenvalue weighted by Gasteiger charge is -2.13. The Morgan fingerprint density at radius 3 is 2.63 bits per heavy atom. The average molecular weight is 421 g/mol. The van der Waals surface area contributed by atoms with Crippen molar-refractivity contribution in [3.8, 4) is 22.8 Å². The molecule has 6 nitrogen and oxygen atoms in total. The Morgan fingerprint density at radius 1 is 1.03 bits per heavy atom. The Kier molecular flexibility index (Phi) is 4.64. The summed E-state index contributed by atoms with van der Waals surface area (Å²) in [5, 5.41) is 4.20. The molecule has 0 saturated carbocycles. The summed E-state index contributed by atoms with van der Waals surface area (Å²) in [7, 11) is 4.06. The molecule has 0 unspecified atom stereocenters. The molecule has 3 heterocycles. The monoisotopic (exact) mass is 420 g/mol. The number of nitrogens with zero attached hydrogens (tertiary/aromatic N) is 3. The largest absolute Gasteiger partial charge is 0.454 e. The minimum absolute atomic E-state index is 0.269. The summed E-state index contributed by atoms with van der Waals surface area (Å²) in [6, 6.07) is 18.1. The Balaban J connectivity index is 1.52. The van der Waals surface area contributed by atoms with Crippen LogP contribution in [0.25, 0.3) is 16.9 Å². The van der Waals surface area contributed by atoms with Gasteiger partial charge in [0.25, 0.3) is 0 Å². The molecule has 0 atom stereocenters. The van der Waals surface area contributed by atoms with Gasteiger partial charge in [-0.05, 0) is 42.0 Å². The molecule has 30 heavy (non-hydrogen) atoms. The molecule has 0 radical (unpaired) electrons. The lowest BCUT2D eigenvalue weighted by Crippen LogP contribution is -2.08. The van der Waals surface area contributed by atoms with E-state index in [9.17, 15) is 0 Å². The normalized spacial score (nSPS) is 12.4. The lowest BCUT2D eigenvalue weighted by molar-refractivity contribution is 0.174. The van der Waals surface area contributed by atoms with Gasteiger partial charge in [0.2, 0.25) is 6.79 Å². The standard InChI is InChI=1S/C23H21ClN4O2/c1-27(2)18-7-4-16(5-8-18)22-23(28-13-17(24)6-10-21(28)26-22)25-12-15-3-9-19-20(11-15)30-14-29-19/h3-11,13,25H,12,14H2,1-2H3. The van der Waals surface area contributed by atoms with Crippen molar-refractivity contribution in [1.82, 2.24) is 9.38 Å². The van der Waals surface area contributed by atoms with Crippen molar-refractivity contribution in [1.29, 1.82) is 0 Å². The Bertz CT molecular complexity index is 1220. The number of rotatable bonds is 5. The number of benzene rings is 2. The molecule has 0 amide bonds. The minimum atomic E-state index is 0.269. The van der Waals surface area contributed by atoms with Gasteiger partial charge in [-0.1, -0.05) is 29.8 Å². The van der Waals surface area contributed by atoms with Crippen molar-refractivity contribution in [2.75, 3.05) is 31.1 Å². The van der Waals surface area contributed by atoms with Crippen LogP contribution in [0.15, 0.2) is 60.8 Å². The number of ether oxygens (including phenoxy) is 2. The van der Waals surface area contributed by atoms with Gasteiger partial charge >= 0.3 is 0 Å². The SMILES string of the molecule is CN(C)c1ccc(-c2nc3ccc(Cl)cn3c2NCc2ccc3c(c2)OCO3)cc1. The smallest absolute Gasteiger partial charge is 0.231 e. The predicted molar refractivity (Wildman–Crippen MR) is 120 cm³/mol. The number of aromatic nitrogens is 2. The second kappa shape index (κ2) is 7.46. The van der Waals surface area contributed by atoms with E-state index in [1.165, 1.54) is 0 Å². The Labute approximate surface area is 179 Å². The third-order valence-electron chi connectivity index (χ3n) is 5.14. The first kappa shape index (κ1) is 18.6. The van der Waals surface area contributed by atoms with Gasteiger partial charge in [-0.2, -0.15) is 0 Å². The van der Waals surface area contributed by atoms with Crippen LogP contribution in [0.1, 0.15) is 5.56 Å². The van der Waals surface area contributed by atoms with Crippen molar-refractivity contribution in [3.05, 3.63) is 71.4 Å². The highest BCUT2D eigenvalue weighted by Crippen LogP contribution is 2.34. The van der Waals surface area contributed by atoms with Crippen LogP contribution in [0.3, 0.4) is 0 Å². The van der Waals surface area contributed by atoms with Crippen LogP contribution < -0.4 is 19.7 Å². The first-order valence-corrected chi connectivity index (χ1v) is 10.0. The Hall–Kier alpha value is -3.38. The average Bonchev–Trinajstić information content (AvgIpc) is 3.36. The number of imidazole rings is 1. The number of hydrogen-bond donors (Lipinski definition) is 1. The van der Waals surface area contributed by atoms with Gasteiger partial charge in [0.15, 0.2) is 11.5 Å². The maximum Gasteiger partial charge on any atom is 0.231 e. The maximum atomic E-state index is 6.27. The highest BCUT2D eigenvalue weighted by Gasteiger charge is 2.16. The predicted octanol–water partition coefficient (Wildman–Crippen LogP) is 5.06. The van der Waals surface area contributed by atoms with Gasteiger partial charge in [0, 0.05) is 38.1 Å². The fourth-order valence-corrected chi connectivity index (χ4v) is 3.70. The van der Waals surface area contributed by atoms with Gasteiger partial charge in [-0.15, -0.1) is 0 Å². The molecule has 2 aromatic carbocycles. The first-order valence-electron chi connectivity index (χ1n) is 9.66. The van der Waals surface area contributed by atoms with E-state index in [4.69, 9.17) is 26.1 Å². The van der Waals surface area contributed by atoms with Gasteiger partial charge in [-0.25, -0.2) is 4.98 Å². The third-order valence-corrected chi connectivity index (χ3v) is 5.36. The second-order valence-electron chi connectivity index (χ2n) is 7.37. The van der Waals surface area contributed by atoms with Crippen LogP contribution in [0.5, 0.6) is 11.5 Å². The van der Waals surface area contributed by atoms with Gasteiger partial charge < -0.3 is 19.7 Å². The maximum absolute atomic E-state index is 6.27. The van der Waals surface area contributed by atoms with E-state index in [0.29, 0.717) is 11.6 Å². The molecule has 0 saturated heterocycles. The number of anilines is 2. The fraction of sp³-hybridized carbons (Fsp3) is 0.174. The zero-order valence-corrected chi connectivity index (χ0v) is 17.5. The molecule has 2 aromatic heterocycles. The van der Waals surface area contributed by atoms with E-state index < -0.39 is 0 Å². The highest BCUT2D eigenvalue weighted by atomic mass is 35.5. The number of fused-ring (bicyclic) bond motifs is 2. The van der Waals surface area contributed by atoms with Crippen LogP contribution in [-0.4, -0.2) is 30.3 Å². The molecule has 0 aliphatic carbocycles. The molecule has 1 N–H and O–H groups in total. The van der Waals surface area contributed by atoms with Crippen molar-refractivity contribution in [2.45, 2.75) is 6.54 Å². The van der Waals surface area contributed by atoms with Crippen LogP contribution >= 0.6 is 11.6 Å². The summed E-state index contributed by atoms with van der Waals surface area (Å²) in [6.07, 6.45) is 1.88. The van der Waals surface area contributed by atoms with Gasteiger partial charge in [0.05, 0.1) is 5.02 Å². The van der Waals surface area contributed by atoms with E-state index in [0.717, 1.165) is 45.5 Å². The topological polar surface area (TPSA) is 51.0 Å². The first-order chi connectivity index (χ1) is 14.6. The van der Waals surface area contributed by atoms with Crippen LogP contribution in [0.2, 0.25) is 5.02 Å². The van der Waals surface area contributed by atoms with Crippen molar-refractivity contribution in [2.24, 2.45) is 0 Å². The molecule has 5 rings (SSSR count). The number of halogens is 1. The molecule has 4 aromatic rings. The van der Waals surface area contributed by atoms with E-state index in [1.54, 1.807) is 0 Å². The molecular weight excluding hydrogens is 400 g/mol. The van der Waals surface area contributed by atoms with Crippen molar-refractivity contribution in [3.63, 3.8) is 0 Å². The molecule has 7 heteroatoms. The summed E-state index contributed by atoms with van der Waals surface area (Å²) < 4.78 is 12.9. The molecule has 0 fully saturated rings. The molecule has 0 bridgehead atoms. The van der Waals surface area contributed by atoms with Crippen molar-refractivity contribution >= 4 is 28.8 Å². The van der Waals surface area contributed by atoms with Gasteiger partial charge in [0.1, 0.15) is 17.2 Å². The lowest BCUT2D eigenvalue weighted by atomic mass is 10.1. The quantitative estimate of drug-likeness (QED) is 0.489. The summed E-state index contributed by atoms with van der Waals surface area (Å²) in [5.41, 5.74) is 4.97. The number of nitrogens with one attached hydrogen (secondary N) is 1. The van der Waals surface area contributed by atoms with Crippen LogP contribution in [-0.2, 0) is 6.54 Å². The summed E-state index contributed by atoms with van der Waals surface area (Å²) in [5.74, 6) is 2.44. The number of hydrogen-bond acceptors (Lipinski definition) is 5. The molecular formula is C23H21ClN4O2. The molecule has 1 aliphatic rings. The van der Waals surface area contributed by atoms with Crippen LogP contribution in [0, 0.1) is 0 Å². The molecule has 1 aliphatic heterocycles. The second-order valence-corrected chi connectivity index (χ2v) is 7.80. The fourth-order valence-electron chi connectivity index (χ4n) is 3.54. The zero-order valence-electron chi connectivity index (χ0n) is 16.7. The summed E-state index contributed by atoms with van der Waals surface area (Å²) >= 11 is 6.27. The van der Waals surface area contributed by atoms with E-state index >= 15 is 0 Å². The molecule has 152 valence electrons. The Morgan fingerprint density at radius 2 is 1.83 bits per heavy atom. The van der Waals surface area contributed by atoms with Gasteiger partial charge in [-0.3, -0.25) is 4.40 Å². The summed E-state index contributed by atoms with van der Waals surface area (Å²) in [4.78, 5) is 6.93. The van der Waals surface area contributed by atoms with E-state index in [-0.39, 0.29) is 6.79 Å². The zero-order chi connectivity index (χ0) is 20.7. The molecule has 0 spiro atoms. The van der Waals surface area contributed by atoms with E-state index in [2.05, 4.69) is 34.5 Å². The minimum Gasteiger partial charge on any atom is -0.454 e.